The van der Waals surface area contributed by atoms with Crippen LogP contribution in [0, 0.1) is 5.92 Å². The van der Waals surface area contributed by atoms with Gasteiger partial charge in [0.25, 0.3) is 0 Å². The predicted octanol–water partition coefficient (Wildman–Crippen LogP) is 4.40. The Bertz CT molecular complexity index is 261. The fourth-order valence-corrected chi connectivity index (χ4v) is 1.94. The van der Waals surface area contributed by atoms with Crippen LogP contribution < -0.4 is 0 Å². The van der Waals surface area contributed by atoms with Gasteiger partial charge in [-0.05, 0) is 30.7 Å². The Morgan fingerprint density at radius 2 is 1.94 bits per heavy atom. The van der Waals surface area contributed by atoms with E-state index in [1.54, 1.807) is 0 Å². The van der Waals surface area contributed by atoms with Crippen LogP contribution in [0.25, 0.3) is 0 Å². The van der Waals surface area contributed by atoms with Crippen molar-refractivity contribution in [2.24, 2.45) is 5.92 Å². The van der Waals surface area contributed by atoms with Gasteiger partial charge >= 0.3 is 0 Å². The van der Waals surface area contributed by atoms with Gasteiger partial charge in [0, 0.05) is 11.9 Å². The zero-order chi connectivity index (χ0) is 11.6. The first-order valence-corrected chi connectivity index (χ1v) is 7.12. The van der Waals surface area contributed by atoms with Gasteiger partial charge in [0.2, 0.25) is 0 Å². The molecule has 1 atom stereocenters. The van der Waals surface area contributed by atoms with E-state index in [4.69, 9.17) is 4.74 Å². The first kappa shape index (κ1) is 13.7. The van der Waals surface area contributed by atoms with Crippen molar-refractivity contribution in [2.75, 3.05) is 11.9 Å². The molecule has 1 rings (SSSR count). The van der Waals surface area contributed by atoms with Gasteiger partial charge in [-0.25, -0.2) is 0 Å². The van der Waals surface area contributed by atoms with Crippen LogP contribution in [-0.2, 0) is 11.3 Å². The van der Waals surface area contributed by atoms with E-state index >= 15 is 0 Å². The molecule has 1 aromatic rings. The summed E-state index contributed by atoms with van der Waals surface area (Å²) in [5.74, 6) is 0.772. The van der Waals surface area contributed by atoms with Crippen molar-refractivity contribution < 1.29 is 4.74 Å². The van der Waals surface area contributed by atoms with Gasteiger partial charge in [-0.3, -0.25) is 0 Å². The fraction of sp³-hybridized carbons (Fsp3) is 0.571. The summed E-state index contributed by atoms with van der Waals surface area (Å²) in [5, 5.41) is 1.11. The van der Waals surface area contributed by atoms with Crippen LogP contribution >= 0.6 is 15.9 Å². The average molecular weight is 285 g/mol. The second-order valence-corrected chi connectivity index (χ2v) is 5.06. The molecule has 1 aromatic carbocycles. The lowest BCUT2D eigenvalue weighted by Gasteiger charge is -2.10. The molecule has 0 saturated heterocycles. The van der Waals surface area contributed by atoms with Gasteiger partial charge in [0.1, 0.15) is 0 Å². The van der Waals surface area contributed by atoms with Crippen molar-refractivity contribution in [1.29, 1.82) is 0 Å². The lowest BCUT2D eigenvalue weighted by molar-refractivity contribution is 0.108. The molecule has 16 heavy (non-hydrogen) atoms. The normalized spacial score (nSPS) is 12.6. The Morgan fingerprint density at radius 3 is 2.62 bits per heavy atom. The molecule has 0 amide bonds. The maximum absolute atomic E-state index is 5.66. The van der Waals surface area contributed by atoms with E-state index < -0.39 is 0 Å². The highest BCUT2D eigenvalue weighted by Gasteiger charge is 2.01. The summed E-state index contributed by atoms with van der Waals surface area (Å²) in [7, 11) is 0. The summed E-state index contributed by atoms with van der Waals surface area (Å²) < 4.78 is 5.66. The molecule has 0 unspecified atom stereocenters. The number of alkyl halides is 1. The Labute approximate surface area is 107 Å². The Morgan fingerprint density at radius 1 is 1.19 bits per heavy atom. The van der Waals surface area contributed by atoms with E-state index in [-0.39, 0.29) is 0 Å². The van der Waals surface area contributed by atoms with Crippen molar-refractivity contribution in [3.63, 3.8) is 0 Å². The number of hydrogen-bond acceptors (Lipinski definition) is 1. The van der Waals surface area contributed by atoms with Crippen LogP contribution in [-0.4, -0.2) is 11.9 Å². The van der Waals surface area contributed by atoms with E-state index in [1.807, 2.05) is 6.07 Å². The molecular formula is C14H21BrO. The lowest BCUT2D eigenvalue weighted by Crippen LogP contribution is -2.02. The zero-order valence-corrected chi connectivity index (χ0v) is 11.6. The second-order valence-electron chi connectivity index (χ2n) is 4.26. The van der Waals surface area contributed by atoms with Crippen molar-refractivity contribution in [3.8, 4) is 0 Å². The molecule has 90 valence electrons. The first-order chi connectivity index (χ1) is 7.83. The molecule has 0 saturated carbocycles. The van der Waals surface area contributed by atoms with Crippen molar-refractivity contribution in [2.45, 2.75) is 32.8 Å². The van der Waals surface area contributed by atoms with E-state index in [0.29, 0.717) is 0 Å². The Hall–Kier alpha value is -0.340. The minimum absolute atomic E-state index is 0.742. The van der Waals surface area contributed by atoms with Crippen LogP contribution in [0.3, 0.4) is 0 Å². The third-order valence-corrected chi connectivity index (χ3v) is 3.26. The molecule has 0 spiro atoms. The maximum atomic E-state index is 5.66. The fourth-order valence-electron chi connectivity index (χ4n) is 1.62. The summed E-state index contributed by atoms with van der Waals surface area (Å²) in [6, 6.07) is 10.4. The molecule has 1 nitrogen and oxygen atoms in total. The molecule has 0 bridgehead atoms. The molecule has 0 radical (unpaired) electrons. The Balaban J connectivity index is 2.03. The third-order valence-electron chi connectivity index (χ3n) is 2.70. The lowest BCUT2D eigenvalue weighted by atomic mass is 10.0. The van der Waals surface area contributed by atoms with Gasteiger partial charge in [-0.2, -0.15) is 0 Å². The highest BCUT2D eigenvalue weighted by Crippen LogP contribution is 2.11. The largest absolute Gasteiger partial charge is 0.377 e. The van der Waals surface area contributed by atoms with E-state index in [2.05, 4.69) is 47.1 Å². The molecule has 2 heteroatoms. The van der Waals surface area contributed by atoms with Gasteiger partial charge in [0.05, 0.1) is 6.61 Å². The quantitative estimate of drug-likeness (QED) is 0.508. The Kier molecular flexibility index (Phi) is 7.52. The minimum Gasteiger partial charge on any atom is -0.377 e. The van der Waals surface area contributed by atoms with E-state index in [1.165, 1.54) is 24.8 Å². The van der Waals surface area contributed by atoms with Crippen LogP contribution in [0.4, 0.5) is 0 Å². The summed E-state index contributed by atoms with van der Waals surface area (Å²) in [5.41, 5.74) is 1.26. The molecule has 0 aliphatic carbocycles. The van der Waals surface area contributed by atoms with Crippen LogP contribution in [0.2, 0.25) is 0 Å². The topological polar surface area (TPSA) is 9.23 Å². The average Bonchev–Trinajstić information content (AvgIpc) is 2.33. The smallest absolute Gasteiger partial charge is 0.0716 e. The number of halogens is 1. The SMILES string of the molecule is C[C@H](CCCBr)CCOCc1ccccc1. The van der Waals surface area contributed by atoms with Crippen LogP contribution in [0.5, 0.6) is 0 Å². The number of rotatable bonds is 8. The maximum Gasteiger partial charge on any atom is 0.0716 e. The third kappa shape index (κ3) is 6.29. The van der Waals surface area contributed by atoms with Crippen molar-refractivity contribution in [3.05, 3.63) is 35.9 Å². The number of benzene rings is 1. The second kappa shape index (κ2) is 8.77. The molecule has 0 aliphatic heterocycles. The van der Waals surface area contributed by atoms with Crippen LogP contribution in [0.15, 0.2) is 30.3 Å². The van der Waals surface area contributed by atoms with Crippen molar-refractivity contribution in [1.82, 2.24) is 0 Å². The van der Waals surface area contributed by atoms with E-state index in [0.717, 1.165) is 24.5 Å². The van der Waals surface area contributed by atoms with Gasteiger partial charge in [0.15, 0.2) is 0 Å². The molecule has 0 N–H and O–H groups in total. The number of ether oxygens (including phenoxy) is 1. The van der Waals surface area contributed by atoms with Gasteiger partial charge in [-0.1, -0.05) is 53.2 Å². The summed E-state index contributed by atoms with van der Waals surface area (Å²) in [4.78, 5) is 0. The molecule has 0 fully saturated rings. The highest BCUT2D eigenvalue weighted by atomic mass is 79.9. The molecule has 0 heterocycles. The standard InChI is InChI=1S/C14H21BrO/c1-13(6-5-10-15)9-11-16-12-14-7-3-2-4-8-14/h2-4,7-8,13H,5-6,9-12H2,1H3/t13-/m1/s1. The minimum atomic E-state index is 0.742. The summed E-state index contributed by atoms with van der Waals surface area (Å²) in [6.45, 7) is 3.92. The first-order valence-electron chi connectivity index (χ1n) is 6.00. The van der Waals surface area contributed by atoms with Gasteiger partial charge in [-0.15, -0.1) is 0 Å². The monoisotopic (exact) mass is 284 g/mol. The van der Waals surface area contributed by atoms with Gasteiger partial charge < -0.3 is 4.74 Å². The highest BCUT2D eigenvalue weighted by molar-refractivity contribution is 9.09. The molecule has 0 aromatic heterocycles. The predicted molar refractivity (Wildman–Crippen MR) is 72.9 cm³/mol. The summed E-state index contributed by atoms with van der Waals surface area (Å²) in [6.07, 6.45) is 3.72. The molecule has 0 aliphatic rings. The summed E-state index contributed by atoms with van der Waals surface area (Å²) >= 11 is 3.46. The van der Waals surface area contributed by atoms with Crippen molar-refractivity contribution >= 4 is 15.9 Å². The molecular weight excluding hydrogens is 264 g/mol. The number of hydrogen-bond donors (Lipinski definition) is 0. The van der Waals surface area contributed by atoms with Crippen LogP contribution in [0.1, 0.15) is 31.7 Å². The van der Waals surface area contributed by atoms with E-state index in [9.17, 15) is 0 Å². The zero-order valence-electron chi connectivity index (χ0n) is 9.99.